The van der Waals surface area contributed by atoms with Crippen LogP contribution in [-0.4, -0.2) is 84.2 Å². The van der Waals surface area contributed by atoms with Gasteiger partial charge in [-0.2, -0.15) is 0 Å². The zero-order valence-electron chi connectivity index (χ0n) is 22.4. The summed E-state index contributed by atoms with van der Waals surface area (Å²) in [6.07, 6.45) is 3.98. The lowest BCUT2D eigenvalue weighted by atomic mass is 9.95. The average molecular weight is 524 g/mol. The van der Waals surface area contributed by atoms with Crippen molar-refractivity contribution < 1.29 is 28.9 Å². The maximum Gasteiger partial charge on any atom is 0.295 e. The minimum Gasteiger partial charge on any atom is -0.507 e. The topological polar surface area (TPSA) is 101 Å². The normalized spacial score (nSPS) is 19.8. The number of ether oxygens (including phenoxy) is 3. The van der Waals surface area contributed by atoms with Gasteiger partial charge in [-0.05, 0) is 49.1 Å². The molecule has 1 atom stereocenters. The number of nitrogens with zero attached hydrogens (tertiary/aromatic N) is 3. The molecular weight excluding hydrogens is 486 g/mol. The molecule has 9 nitrogen and oxygen atoms in total. The van der Waals surface area contributed by atoms with Gasteiger partial charge in [-0.3, -0.25) is 19.5 Å². The Balaban J connectivity index is 1.72. The number of hydrogen-bond acceptors (Lipinski definition) is 8. The van der Waals surface area contributed by atoms with Gasteiger partial charge in [-0.1, -0.05) is 19.9 Å². The number of carbonyl (C=O) groups excluding carboxylic acids is 2. The Kier molecular flexibility index (Phi) is 9.36. The predicted octanol–water partition coefficient (Wildman–Crippen LogP) is 3.66. The first kappa shape index (κ1) is 27.6. The van der Waals surface area contributed by atoms with Crippen molar-refractivity contribution in [3.8, 4) is 11.5 Å². The molecule has 3 heterocycles. The van der Waals surface area contributed by atoms with E-state index in [9.17, 15) is 14.7 Å². The summed E-state index contributed by atoms with van der Waals surface area (Å²) in [5.41, 5.74) is 1.15. The van der Waals surface area contributed by atoms with Crippen molar-refractivity contribution in [3.05, 3.63) is 59.4 Å². The predicted molar refractivity (Wildman–Crippen MR) is 143 cm³/mol. The molecular formula is C29H37N3O6. The van der Waals surface area contributed by atoms with Crippen LogP contribution < -0.4 is 9.47 Å². The second-order valence-corrected chi connectivity index (χ2v) is 9.85. The molecule has 0 aliphatic carbocycles. The molecule has 9 heteroatoms. The maximum absolute atomic E-state index is 13.3. The van der Waals surface area contributed by atoms with Gasteiger partial charge in [0.15, 0.2) is 11.5 Å². The van der Waals surface area contributed by atoms with Crippen LogP contribution in [-0.2, 0) is 14.3 Å². The molecule has 1 amide bonds. The standard InChI is InChI=1S/C29H37N3O6/c1-4-37-24-19-22(5-6-23(24)38-16-9-20(2)3)26-25(27(33)21-7-10-30-11-8-21)28(34)29(35)32(26)13-12-31-14-17-36-18-15-31/h5-8,10-11,19-20,26,33H,4,9,12-18H2,1-3H3. The summed E-state index contributed by atoms with van der Waals surface area (Å²) in [6, 6.07) is 7.93. The van der Waals surface area contributed by atoms with E-state index in [0.29, 0.717) is 68.1 Å². The molecule has 2 saturated heterocycles. The molecule has 1 unspecified atom stereocenters. The highest BCUT2D eigenvalue weighted by Gasteiger charge is 2.46. The van der Waals surface area contributed by atoms with Gasteiger partial charge in [0.25, 0.3) is 11.7 Å². The number of likely N-dealkylation sites (tertiary alicyclic amines) is 1. The van der Waals surface area contributed by atoms with E-state index in [1.807, 2.05) is 25.1 Å². The lowest BCUT2D eigenvalue weighted by Gasteiger charge is -2.31. The molecule has 204 valence electrons. The van der Waals surface area contributed by atoms with E-state index in [-0.39, 0.29) is 11.3 Å². The van der Waals surface area contributed by atoms with Crippen molar-refractivity contribution in [1.82, 2.24) is 14.8 Å². The van der Waals surface area contributed by atoms with Crippen molar-refractivity contribution in [2.45, 2.75) is 33.2 Å². The number of aliphatic hydroxyl groups excluding tert-OH is 1. The van der Waals surface area contributed by atoms with Gasteiger partial charge in [0.2, 0.25) is 0 Å². The van der Waals surface area contributed by atoms with Gasteiger partial charge in [0.05, 0.1) is 38.0 Å². The number of aromatic nitrogens is 1. The van der Waals surface area contributed by atoms with Gasteiger partial charge in [0, 0.05) is 44.1 Å². The van der Waals surface area contributed by atoms with Crippen LogP contribution in [0.25, 0.3) is 5.76 Å². The van der Waals surface area contributed by atoms with E-state index < -0.39 is 17.7 Å². The Morgan fingerprint density at radius 3 is 2.50 bits per heavy atom. The van der Waals surface area contributed by atoms with Crippen molar-refractivity contribution >= 4 is 17.4 Å². The molecule has 0 spiro atoms. The van der Waals surface area contributed by atoms with E-state index in [4.69, 9.17) is 14.2 Å². The fraction of sp³-hybridized carbons (Fsp3) is 0.483. The van der Waals surface area contributed by atoms with E-state index in [1.54, 1.807) is 17.0 Å². The zero-order valence-corrected chi connectivity index (χ0v) is 22.4. The maximum atomic E-state index is 13.3. The third kappa shape index (κ3) is 6.34. The molecule has 0 radical (unpaired) electrons. The first-order valence-corrected chi connectivity index (χ1v) is 13.3. The smallest absolute Gasteiger partial charge is 0.295 e. The molecule has 0 saturated carbocycles. The summed E-state index contributed by atoms with van der Waals surface area (Å²) >= 11 is 0. The quantitative estimate of drug-likeness (QED) is 0.271. The summed E-state index contributed by atoms with van der Waals surface area (Å²) < 4.78 is 17.3. The summed E-state index contributed by atoms with van der Waals surface area (Å²) in [4.78, 5) is 34.4. The fourth-order valence-electron chi connectivity index (χ4n) is 4.68. The molecule has 4 rings (SSSR count). The molecule has 38 heavy (non-hydrogen) atoms. The summed E-state index contributed by atoms with van der Waals surface area (Å²) in [7, 11) is 0. The molecule has 1 aromatic carbocycles. The van der Waals surface area contributed by atoms with Crippen molar-refractivity contribution in [3.63, 3.8) is 0 Å². The van der Waals surface area contributed by atoms with E-state index in [2.05, 4.69) is 23.7 Å². The van der Waals surface area contributed by atoms with Gasteiger partial charge >= 0.3 is 0 Å². The molecule has 2 fully saturated rings. The van der Waals surface area contributed by atoms with E-state index in [1.165, 1.54) is 12.4 Å². The number of Topliss-reactive ketones (excluding diaryl/α,β-unsaturated/α-hetero) is 1. The molecule has 1 aromatic heterocycles. The third-order valence-corrected chi connectivity index (χ3v) is 6.79. The number of ketones is 1. The number of aliphatic hydroxyl groups is 1. The summed E-state index contributed by atoms with van der Waals surface area (Å²) in [5, 5.41) is 11.2. The van der Waals surface area contributed by atoms with Gasteiger partial charge in [-0.15, -0.1) is 0 Å². The first-order chi connectivity index (χ1) is 18.4. The highest BCUT2D eigenvalue weighted by atomic mass is 16.5. The summed E-state index contributed by atoms with van der Waals surface area (Å²) in [5.74, 6) is 0.0896. The molecule has 0 bridgehead atoms. The number of rotatable bonds is 11. The zero-order chi connectivity index (χ0) is 27.1. The molecule has 2 aliphatic heterocycles. The van der Waals surface area contributed by atoms with Crippen molar-refractivity contribution in [2.75, 3.05) is 52.6 Å². The van der Waals surface area contributed by atoms with Gasteiger partial charge < -0.3 is 24.2 Å². The molecule has 2 aromatic rings. The Bertz CT molecular complexity index is 1140. The second kappa shape index (κ2) is 12.9. The fourth-order valence-corrected chi connectivity index (χ4v) is 4.68. The van der Waals surface area contributed by atoms with Crippen LogP contribution in [0.5, 0.6) is 11.5 Å². The van der Waals surface area contributed by atoms with Crippen molar-refractivity contribution in [2.24, 2.45) is 5.92 Å². The number of carbonyl (C=O) groups is 2. The van der Waals surface area contributed by atoms with E-state index >= 15 is 0 Å². The van der Waals surface area contributed by atoms with E-state index in [0.717, 1.165) is 19.5 Å². The van der Waals surface area contributed by atoms with Crippen LogP contribution in [0.4, 0.5) is 0 Å². The van der Waals surface area contributed by atoms with Crippen LogP contribution in [0, 0.1) is 5.92 Å². The average Bonchev–Trinajstić information content (AvgIpc) is 3.18. The highest BCUT2D eigenvalue weighted by molar-refractivity contribution is 6.46. The van der Waals surface area contributed by atoms with Crippen LogP contribution >= 0.6 is 0 Å². The number of morpholine rings is 1. The Hall–Kier alpha value is -3.43. The van der Waals surface area contributed by atoms with Crippen molar-refractivity contribution in [1.29, 1.82) is 0 Å². The van der Waals surface area contributed by atoms with Crippen LogP contribution in [0.3, 0.4) is 0 Å². The molecule has 2 aliphatic rings. The Labute approximate surface area is 224 Å². The number of hydrogen-bond donors (Lipinski definition) is 1. The Morgan fingerprint density at radius 2 is 1.82 bits per heavy atom. The largest absolute Gasteiger partial charge is 0.507 e. The van der Waals surface area contributed by atoms with Crippen LogP contribution in [0.2, 0.25) is 0 Å². The second-order valence-electron chi connectivity index (χ2n) is 9.85. The lowest BCUT2D eigenvalue weighted by Crippen LogP contribution is -2.42. The SMILES string of the molecule is CCOc1cc(C2C(=C(O)c3ccncc3)C(=O)C(=O)N2CCN2CCOCC2)ccc1OCCC(C)C. The third-order valence-electron chi connectivity index (χ3n) is 6.79. The lowest BCUT2D eigenvalue weighted by molar-refractivity contribution is -0.140. The number of pyridine rings is 1. The van der Waals surface area contributed by atoms with Crippen LogP contribution in [0.1, 0.15) is 44.4 Å². The summed E-state index contributed by atoms with van der Waals surface area (Å²) in [6.45, 7) is 10.9. The minimum atomic E-state index is -0.770. The van der Waals surface area contributed by atoms with Gasteiger partial charge in [-0.25, -0.2) is 0 Å². The van der Waals surface area contributed by atoms with Gasteiger partial charge in [0.1, 0.15) is 5.76 Å². The minimum absolute atomic E-state index is 0.0547. The first-order valence-electron chi connectivity index (χ1n) is 13.3. The monoisotopic (exact) mass is 523 g/mol. The van der Waals surface area contributed by atoms with Crippen LogP contribution in [0.15, 0.2) is 48.3 Å². The Morgan fingerprint density at radius 1 is 1.08 bits per heavy atom. The molecule has 1 N–H and O–H groups in total. The highest BCUT2D eigenvalue weighted by Crippen LogP contribution is 2.42. The number of benzene rings is 1. The number of amides is 1.